The second-order valence-electron chi connectivity index (χ2n) is 6.08. The Kier molecular flexibility index (Phi) is 10.4. The molecule has 1 aromatic heterocycles. The van der Waals surface area contributed by atoms with E-state index in [0.29, 0.717) is 36.7 Å². The van der Waals surface area contributed by atoms with Gasteiger partial charge in [0.05, 0.1) is 17.2 Å². The lowest BCUT2D eigenvalue weighted by molar-refractivity contribution is 0.0954. The van der Waals surface area contributed by atoms with E-state index in [1.54, 1.807) is 30.4 Å². The van der Waals surface area contributed by atoms with Gasteiger partial charge in [0.2, 0.25) is 0 Å². The molecule has 1 aromatic carbocycles. The number of hydrogen-bond acceptors (Lipinski definition) is 4. The van der Waals surface area contributed by atoms with Gasteiger partial charge in [0, 0.05) is 30.1 Å². The van der Waals surface area contributed by atoms with Gasteiger partial charge in [-0.05, 0) is 45.4 Å². The first kappa shape index (κ1) is 24.3. The highest BCUT2D eigenvalue weighted by Gasteiger charge is 2.08. The Morgan fingerprint density at radius 3 is 2.50 bits per heavy atom. The van der Waals surface area contributed by atoms with E-state index < -0.39 is 0 Å². The van der Waals surface area contributed by atoms with E-state index >= 15 is 0 Å². The summed E-state index contributed by atoms with van der Waals surface area (Å²) in [6, 6.07) is 4.47. The van der Waals surface area contributed by atoms with Crippen molar-refractivity contribution in [2.75, 3.05) is 19.6 Å². The number of aryl methyl sites for hydroxylation is 3. The number of halogens is 2. The molecule has 0 fully saturated rings. The number of guanidine groups is 1. The monoisotopic (exact) mass is 519 g/mol. The van der Waals surface area contributed by atoms with Crippen molar-refractivity contribution >= 4 is 47.2 Å². The molecule has 9 heteroatoms. The zero-order chi connectivity index (χ0) is 19.8. The molecular formula is C19H27FIN5OS. The zero-order valence-corrected chi connectivity index (χ0v) is 19.7. The summed E-state index contributed by atoms with van der Waals surface area (Å²) in [7, 11) is 0. The quantitative estimate of drug-likeness (QED) is 0.227. The van der Waals surface area contributed by atoms with Crippen LogP contribution in [0.1, 0.15) is 38.4 Å². The number of benzene rings is 1. The number of nitrogens with zero attached hydrogens (tertiary/aromatic N) is 2. The van der Waals surface area contributed by atoms with Gasteiger partial charge < -0.3 is 16.0 Å². The van der Waals surface area contributed by atoms with Crippen LogP contribution in [0.4, 0.5) is 4.39 Å². The van der Waals surface area contributed by atoms with E-state index in [1.165, 1.54) is 6.07 Å². The van der Waals surface area contributed by atoms with E-state index in [4.69, 9.17) is 0 Å². The highest BCUT2D eigenvalue weighted by Crippen LogP contribution is 2.17. The molecule has 2 rings (SSSR count). The number of nitrogens with one attached hydrogen (secondary N) is 3. The number of carbonyl (C=O) groups is 1. The van der Waals surface area contributed by atoms with Crippen LogP contribution in [0.5, 0.6) is 0 Å². The second kappa shape index (κ2) is 11.9. The summed E-state index contributed by atoms with van der Waals surface area (Å²) in [5, 5.41) is 10.2. The van der Waals surface area contributed by atoms with E-state index in [-0.39, 0.29) is 35.7 Å². The number of carbonyl (C=O) groups excluding carboxylic acids is 1. The van der Waals surface area contributed by atoms with Crippen molar-refractivity contribution in [3.63, 3.8) is 0 Å². The third kappa shape index (κ3) is 7.34. The number of amides is 1. The first-order valence-electron chi connectivity index (χ1n) is 8.90. The molecule has 6 nitrogen and oxygen atoms in total. The first-order valence-corrected chi connectivity index (χ1v) is 9.71. The number of rotatable bonds is 7. The maximum atomic E-state index is 13.6. The van der Waals surface area contributed by atoms with Crippen molar-refractivity contribution in [2.24, 2.45) is 4.99 Å². The normalized spacial score (nSPS) is 11.0. The summed E-state index contributed by atoms with van der Waals surface area (Å²) in [6.07, 6.45) is 0. The van der Waals surface area contributed by atoms with Crippen LogP contribution in [-0.4, -0.2) is 36.5 Å². The maximum Gasteiger partial charge on any atom is 0.251 e. The summed E-state index contributed by atoms with van der Waals surface area (Å²) in [6.45, 7) is 9.83. The van der Waals surface area contributed by atoms with Crippen molar-refractivity contribution in [3.8, 4) is 0 Å². The van der Waals surface area contributed by atoms with Gasteiger partial charge in [-0.1, -0.05) is 6.07 Å². The molecule has 0 atom stereocenters. The van der Waals surface area contributed by atoms with Crippen molar-refractivity contribution in [2.45, 2.75) is 34.2 Å². The molecule has 0 saturated heterocycles. The van der Waals surface area contributed by atoms with E-state index in [9.17, 15) is 9.18 Å². The molecule has 3 N–H and O–H groups in total. The summed E-state index contributed by atoms with van der Waals surface area (Å²) in [5.74, 6) is 0.00270. The summed E-state index contributed by atoms with van der Waals surface area (Å²) in [5.41, 5.74) is 1.84. The molecule has 0 aliphatic carbocycles. The largest absolute Gasteiger partial charge is 0.357 e. The molecule has 1 heterocycles. The van der Waals surface area contributed by atoms with Crippen LogP contribution < -0.4 is 16.0 Å². The summed E-state index contributed by atoms with van der Waals surface area (Å²) in [4.78, 5) is 22.2. The minimum atomic E-state index is -0.379. The molecule has 0 radical (unpaired) electrons. The van der Waals surface area contributed by atoms with Gasteiger partial charge in [-0.15, -0.1) is 35.3 Å². The van der Waals surface area contributed by atoms with E-state index in [2.05, 4.69) is 25.9 Å². The summed E-state index contributed by atoms with van der Waals surface area (Å²) >= 11 is 1.65. The lowest BCUT2D eigenvalue weighted by atomic mass is 10.1. The third-order valence-electron chi connectivity index (χ3n) is 3.86. The molecule has 1 amide bonds. The molecule has 0 saturated carbocycles. The average molecular weight is 519 g/mol. The smallest absolute Gasteiger partial charge is 0.251 e. The van der Waals surface area contributed by atoms with Gasteiger partial charge in [-0.2, -0.15) is 0 Å². The Labute approximate surface area is 186 Å². The SMILES string of the molecule is CCNC(=NCc1sc(C)nc1C)NCCNC(=O)c1ccc(C)c(F)c1.I. The molecule has 28 heavy (non-hydrogen) atoms. The van der Waals surface area contributed by atoms with Crippen molar-refractivity contribution in [1.29, 1.82) is 0 Å². The fourth-order valence-electron chi connectivity index (χ4n) is 2.41. The number of thiazole rings is 1. The predicted octanol–water partition coefficient (Wildman–Crippen LogP) is 3.31. The fraction of sp³-hybridized carbons (Fsp3) is 0.421. The van der Waals surface area contributed by atoms with Gasteiger partial charge in [-0.3, -0.25) is 4.79 Å². The third-order valence-corrected chi connectivity index (χ3v) is 4.92. The van der Waals surface area contributed by atoms with Crippen molar-refractivity contribution in [3.05, 3.63) is 50.7 Å². The Bertz CT molecular complexity index is 825. The minimum Gasteiger partial charge on any atom is -0.357 e. The number of aliphatic imine (C=N–C) groups is 1. The highest BCUT2D eigenvalue weighted by molar-refractivity contribution is 14.0. The average Bonchev–Trinajstić information content (AvgIpc) is 2.95. The topological polar surface area (TPSA) is 78.4 Å². The lowest BCUT2D eigenvalue weighted by Gasteiger charge is -2.12. The van der Waals surface area contributed by atoms with Crippen LogP contribution in [0, 0.1) is 26.6 Å². The zero-order valence-electron chi connectivity index (χ0n) is 16.6. The number of aromatic nitrogens is 1. The maximum absolute atomic E-state index is 13.6. The van der Waals surface area contributed by atoms with Crippen molar-refractivity contribution in [1.82, 2.24) is 20.9 Å². The Balaban J connectivity index is 0.00000392. The van der Waals surface area contributed by atoms with Gasteiger partial charge in [0.15, 0.2) is 5.96 Å². The Hall–Kier alpha value is -1.75. The lowest BCUT2D eigenvalue weighted by Crippen LogP contribution is -2.41. The molecule has 0 aliphatic heterocycles. The first-order chi connectivity index (χ1) is 12.9. The van der Waals surface area contributed by atoms with E-state index in [1.807, 2.05) is 20.8 Å². The van der Waals surface area contributed by atoms with Crippen LogP contribution in [-0.2, 0) is 6.54 Å². The Morgan fingerprint density at radius 1 is 1.18 bits per heavy atom. The predicted molar refractivity (Wildman–Crippen MR) is 123 cm³/mol. The molecule has 2 aromatic rings. The minimum absolute atomic E-state index is 0. The second-order valence-corrected chi connectivity index (χ2v) is 7.37. The molecular weight excluding hydrogens is 492 g/mol. The van der Waals surface area contributed by atoms with Gasteiger partial charge in [0.25, 0.3) is 5.91 Å². The Morgan fingerprint density at radius 2 is 1.89 bits per heavy atom. The van der Waals surface area contributed by atoms with Crippen LogP contribution in [0.25, 0.3) is 0 Å². The summed E-state index contributed by atoms with van der Waals surface area (Å²) < 4.78 is 13.6. The molecule has 0 unspecified atom stereocenters. The van der Waals surface area contributed by atoms with Crippen LogP contribution in [0.3, 0.4) is 0 Å². The van der Waals surface area contributed by atoms with Crippen molar-refractivity contribution < 1.29 is 9.18 Å². The highest BCUT2D eigenvalue weighted by atomic mass is 127. The van der Waals surface area contributed by atoms with Crippen LogP contribution in [0.15, 0.2) is 23.2 Å². The van der Waals surface area contributed by atoms with Gasteiger partial charge >= 0.3 is 0 Å². The number of hydrogen-bond donors (Lipinski definition) is 3. The fourth-order valence-corrected chi connectivity index (χ4v) is 3.27. The van der Waals surface area contributed by atoms with Gasteiger partial charge in [-0.25, -0.2) is 14.4 Å². The molecule has 154 valence electrons. The molecule has 0 spiro atoms. The molecule has 0 aliphatic rings. The van der Waals surface area contributed by atoms with Crippen LogP contribution in [0.2, 0.25) is 0 Å². The van der Waals surface area contributed by atoms with Crippen LogP contribution >= 0.6 is 35.3 Å². The standard InChI is InChI=1S/C19H26FN5OS.HI/c1-5-21-19(24-11-17-13(3)25-14(4)27-17)23-9-8-22-18(26)15-7-6-12(2)16(20)10-15;/h6-7,10H,5,8-9,11H2,1-4H3,(H,22,26)(H2,21,23,24);1H. The van der Waals surface area contributed by atoms with E-state index in [0.717, 1.165) is 22.1 Å². The molecule has 0 bridgehead atoms. The van der Waals surface area contributed by atoms with Gasteiger partial charge in [0.1, 0.15) is 5.82 Å².